The van der Waals surface area contributed by atoms with Gasteiger partial charge in [0.25, 0.3) is 5.91 Å². The summed E-state index contributed by atoms with van der Waals surface area (Å²) in [6.45, 7) is 9.72. The van der Waals surface area contributed by atoms with E-state index in [4.69, 9.17) is 9.47 Å². The number of ether oxygens (including phenoxy) is 2. The first-order valence-electron chi connectivity index (χ1n) is 10.8. The molecule has 0 saturated carbocycles. The first kappa shape index (κ1) is 24.1. The molecule has 2 aromatic rings. The minimum Gasteiger partial charge on any atom is -0.493 e. The van der Waals surface area contributed by atoms with Crippen LogP contribution in [0.25, 0.3) is 0 Å². The second-order valence-electron chi connectivity index (χ2n) is 7.10. The van der Waals surface area contributed by atoms with E-state index in [-0.39, 0.29) is 11.9 Å². The van der Waals surface area contributed by atoms with Gasteiger partial charge in [-0.2, -0.15) is 0 Å². The summed E-state index contributed by atoms with van der Waals surface area (Å²) >= 11 is 0. The number of nitrogens with zero attached hydrogens (tertiary/aromatic N) is 1. The van der Waals surface area contributed by atoms with Crippen molar-refractivity contribution < 1.29 is 14.3 Å². The molecule has 0 aliphatic heterocycles. The number of guanidine groups is 1. The smallest absolute Gasteiger partial charge is 0.251 e. The summed E-state index contributed by atoms with van der Waals surface area (Å²) in [6, 6.07) is 13.3. The minimum atomic E-state index is -0.0632. The van der Waals surface area contributed by atoms with Gasteiger partial charge in [0.2, 0.25) is 0 Å². The van der Waals surface area contributed by atoms with Gasteiger partial charge in [0.05, 0.1) is 20.3 Å². The first-order valence-corrected chi connectivity index (χ1v) is 10.8. The number of rotatable bonds is 10. The molecule has 1 amide bonds. The molecule has 168 valence electrons. The van der Waals surface area contributed by atoms with Crippen LogP contribution in [0.1, 0.15) is 50.0 Å². The van der Waals surface area contributed by atoms with Gasteiger partial charge in [-0.1, -0.05) is 19.1 Å². The molecule has 1 unspecified atom stereocenters. The Balaban J connectivity index is 2.13. The highest BCUT2D eigenvalue weighted by Gasteiger charge is 2.10. The van der Waals surface area contributed by atoms with Crippen molar-refractivity contribution in [3.05, 3.63) is 53.6 Å². The third-order valence-electron chi connectivity index (χ3n) is 4.67. The zero-order valence-electron chi connectivity index (χ0n) is 19.1. The zero-order chi connectivity index (χ0) is 22.6. The zero-order valence-corrected chi connectivity index (χ0v) is 19.1. The maximum atomic E-state index is 12.4. The first-order chi connectivity index (χ1) is 15.0. The largest absolute Gasteiger partial charge is 0.493 e. The molecule has 0 spiro atoms. The average Bonchev–Trinajstić information content (AvgIpc) is 2.78. The number of anilines is 1. The van der Waals surface area contributed by atoms with E-state index in [1.165, 1.54) is 0 Å². The second-order valence-corrected chi connectivity index (χ2v) is 7.10. The van der Waals surface area contributed by atoms with Crippen molar-refractivity contribution in [2.24, 2.45) is 4.99 Å². The number of hydrogen-bond acceptors (Lipinski definition) is 4. The lowest BCUT2D eigenvalue weighted by molar-refractivity contribution is 0.0939. The van der Waals surface area contributed by atoms with Gasteiger partial charge in [-0.3, -0.25) is 4.79 Å². The van der Waals surface area contributed by atoms with Crippen LogP contribution in [0.5, 0.6) is 11.5 Å². The molecule has 7 heteroatoms. The molecular weight excluding hydrogens is 392 g/mol. The summed E-state index contributed by atoms with van der Waals surface area (Å²) in [6.07, 6.45) is 0.893. The Hall–Kier alpha value is -3.22. The minimum absolute atomic E-state index is 0.0632. The van der Waals surface area contributed by atoms with Gasteiger partial charge in [0.1, 0.15) is 0 Å². The van der Waals surface area contributed by atoms with E-state index in [9.17, 15) is 4.79 Å². The van der Waals surface area contributed by atoms with E-state index in [2.05, 4.69) is 20.9 Å². The maximum absolute atomic E-state index is 12.4. The Morgan fingerprint density at radius 3 is 2.58 bits per heavy atom. The molecule has 0 aliphatic rings. The van der Waals surface area contributed by atoms with Crippen LogP contribution < -0.4 is 25.4 Å². The fourth-order valence-corrected chi connectivity index (χ4v) is 2.85. The van der Waals surface area contributed by atoms with Crippen LogP contribution >= 0.6 is 0 Å². The third kappa shape index (κ3) is 7.51. The number of benzene rings is 2. The summed E-state index contributed by atoms with van der Waals surface area (Å²) in [5.41, 5.74) is 2.43. The van der Waals surface area contributed by atoms with E-state index >= 15 is 0 Å². The van der Waals surface area contributed by atoms with Crippen molar-refractivity contribution in [2.75, 3.05) is 25.6 Å². The normalized spacial score (nSPS) is 12.1. The molecule has 0 aliphatic carbocycles. The Morgan fingerprint density at radius 1 is 1.10 bits per heavy atom. The van der Waals surface area contributed by atoms with E-state index in [0.717, 1.165) is 24.2 Å². The van der Waals surface area contributed by atoms with Crippen molar-refractivity contribution in [1.82, 2.24) is 10.6 Å². The number of aliphatic imine (C=N–C) groups is 1. The second kappa shape index (κ2) is 12.5. The lowest BCUT2D eigenvalue weighted by Crippen LogP contribution is -2.32. The standard InChI is InChI=1S/C24H34N4O3/c1-6-17(4)27-23(29)19-11-9-10-18(14-19)16-26-24(25-7-2)28-20-12-13-21(31-8-3)22(15-20)30-5/h9-15,17H,6-8,16H2,1-5H3,(H,27,29)(H2,25,26,28). The Kier molecular flexibility index (Phi) is 9.68. The highest BCUT2D eigenvalue weighted by molar-refractivity contribution is 5.95. The van der Waals surface area contributed by atoms with Gasteiger partial charge in [-0.25, -0.2) is 4.99 Å². The Bertz CT molecular complexity index is 883. The number of hydrogen-bond donors (Lipinski definition) is 3. The van der Waals surface area contributed by atoms with Crippen molar-refractivity contribution in [3.8, 4) is 11.5 Å². The third-order valence-corrected chi connectivity index (χ3v) is 4.67. The lowest BCUT2D eigenvalue weighted by atomic mass is 10.1. The van der Waals surface area contributed by atoms with Gasteiger partial charge in [0.15, 0.2) is 17.5 Å². The number of methoxy groups -OCH3 is 1. The van der Waals surface area contributed by atoms with E-state index in [1.54, 1.807) is 7.11 Å². The van der Waals surface area contributed by atoms with Crippen LogP contribution in [0.3, 0.4) is 0 Å². The van der Waals surface area contributed by atoms with Gasteiger partial charge >= 0.3 is 0 Å². The quantitative estimate of drug-likeness (QED) is 0.392. The van der Waals surface area contributed by atoms with Gasteiger partial charge in [-0.05, 0) is 57.0 Å². The summed E-state index contributed by atoms with van der Waals surface area (Å²) in [7, 11) is 1.62. The van der Waals surface area contributed by atoms with Crippen molar-refractivity contribution >= 4 is 17.6 Å². The molecule has 0 saturated heterocycles. The van der Waals surface area contributed by atoms with E-state index in [1.807, 2.05) is 70.2 Å². The Labute approximate surface area is 185 Å². The van der Waals surface area contributed by atoms with Gasteiger partial charge < -0.3 is 25.4 Å². The van der Waals surface area contributed by atoms with Crippen molar-refractivity contribution in [1.29, 1.82) is 0 Å². The molecule has 0 bridgehead atoms. The van der Waals surface area contributed by atoms with Crippen LogP contribution in [0.15, 0.2) is 47.5 Å². The van der Waals surface area contributed by atoms with Crippen molar-refractivity contribution in [2.45, 2.75) is 46.7 Å². The predicted molar refractivity (Wildman–Crippen MR) is 126 cm³/mol. The predicted octanol–water partition coefficient (Wildman–Crippen LogP) is 4.20. The molecule has 3 N–H and O–H groups in total. The number of nitrogens with one attached hydrogen (secondary N) is 3. The summed E-state index contributed by atoms with van der Waals surface area (Å²) in [4.78, 5) is 17.1. The van der Waals surface area contributed by atoms with Crippen molar-refractivity contribution in [3.63, 3.8) is 0 Å². The fraction of sp³-hybridized carbons (Fsp3) is 0.417. The monoisotopic (exact) mass is 426 g/mol. The molecule has 31 heavy (non-hydrogen) atoms. The topological polar surface area (TPSA) is 84.0 Å². The number of carbonyl (C=O) groups excluding carboxylic acids is 1. The summed E-state index contributed by atoms with van der Waals surface area (Å²) in [5, 5.41) is 9.52. The summed E-state index contributed by atoms with van der Waals surface area (Å²) < 4.78 is 11.0. The maximum Gasteiger partial charge on any atom is 0.251 e. The molecule has 1 atom stereocenters. The molecule has 7 nitrogen and oxygen atoms in total. The van der Waals surface area contributed by atoms with Crippen LogP contribution in [0.2, 0.25) is 0 Å². The number of carbonyl (C=O) groups is 1. The highest BCUT2D eigenvalue weighted by Crippen LogP contribution is 2.30. The lowest BCUT2D eigenvalue weighted by Gasteiger charge is -2.14. The molecule has 2 aromatic carbocycles. The molecular formula is C24H34N4O3. The SMILES string of the molecule is CCNC(=NCc1cccc(C(=O)NC(C)CC)c1)Nc1ccc(OCC)c(OC)c1. The average molecular weight is 427 g/mol. The molecule has 0 heterocycles. The molecule has 2 rings (SSSR count). The molecule has 0 radical (unpaired) electrons. The van der Waals surface area contributed by atoms with Gasteiger partial charge in [0, 0.05) is 29.9 Å². The van der Waals surface area contributed by atoms with Gasteiger partial charge in [-0.15, -0.1) is 0 Å². The summed E-state index contributed by atoms with van der Waals surface area (Å²) in [5.74, 6) is 1.93. The fourth-order valence-electron chi connectivity index (χ4n) is 2.85. The molecule has 0 aromatic heterocycles. The van der Waals surface area contributed by atoms with Crippen LogP contribution in [-0.4, -0.2) is 38.2 Å². The van der Waals surface area contributed by atoms with Crippen LogP contribution in [-0.2, 0) is 6.54 Å². The van der Waals surface area contributed by atoms with E-state index < -0.39 is 0 Å². The highest BCUT2D eigenvalue weighted by atomic mass is 16.5. The number of amides is 1. The Morgan fingerprint density at radius 2 is 1.90 bits per heavy atom. The molecule has 0 fully saturated rings. The van der Waals surface area contributed by atoms with Crippen LogP contribution in [0.4, 0.5) is 5.69 Å². The van der Waals surface area contributed by atoms with Crippen LogP contribution in [0, 0.1) is 0 Å². The van der Waals surface area contributed by atoms with E-state index in [0.29, 0.717) is 36.2 Å².